The van der Waals surface area contributed by atoms with Crippen molar-refractivity contribution in [1.82, 2.24) is 0 Å². The number of rotatable bonds is 2. The van der Waals surface area contributed by atoms with Crippen LogP contribution in [0.4, 0.5) is 0 Å². The highest BCUT2D eigenvalue weighted by Gasteiger charge is 2.58. The van der Waals surface area contributed by atoms with Gasteiger partial charge in [-0.1, -0.05) is 52.8 Å². The van der Waals surface area contributed by atoms with E-state index < -0.39 is 9.84 Å². The van der Waals surface area contributed by atoms with Gasteiger partial charge >= 0.3 is 0 Å². The normalized spacial score (nSPS) is 31.8. The van der Waals surface area contributed by atoms with Gasteiger partial charge in [0.25, 0.3) is 0 Å². The number of benzene rings is 1. The summed E-state index contributed by atoms with van der Waals surface area (Å²) in [5, 5.41) is -0.237. The first-order valence-corrected chi connectivity index (χ1v) is 8.44. The molecule has 0 bridgehead atoms. The Hall–Kier alpha value is -0.830. The summed E-state index contributed by atoms with van der Waals surface area (Å²) in [6.07, 6.45) is 0.759. The van der Waals surface area contributed by atoms with E-state index in [9.17, 15) is 8.42 Å². The SMILES string of the molecule is C[C@H]1[C@H](S(=O)(=O)c2ccccc2)C[C@]1(C)C(C)(C)C. The van der Waals surface area contributed by atoms with Crippen molar-refractivity contribution in [3.63, 3.8) is 0 Å². The molecule has 0 aromatic heterocycles. The van der Waals surface area contributed by atoms with E-state index in [0.717, 1.165) is 6.42 Å². The molecule has 2 rings (SSSR count). The van der Waals surface area contributed by atoms with Crippen molar-refractivity contribution >= 4 is 9.84 Å². The van der Waals surface area contributed by atoms with Crippen molar-refractivity contribution in [2.45, 2.75) is 51.2 Å². The van der Waals surface area contributed by atoms with E-state index in [1.54, 1.807) is 24.3 Å². The Balaban J connectivity index is 2.29. The molecule has 1 fully saturated rings. The van der Waals surface area contributed by atoms with Crippen LogP contribution in [0.1, 0.15) is 41.0 Å². The summed E-state index contributed by atoms with van der Waals surface area (Å²) in [4.78, 5) is 0.461. The third kappa shape index (κ3) is 2.12. The van der Waals surface area contributed by atoms with Gasteiger partial charge in [0.05, 0.1) is 10.1 Å². The predicted molar refractivity (Wildman–Crippen MR) is 78.8 cm³/mol. The lowest BCUT2D eigenvalue weighted by atomic mass is 9.50. The topological polar surface area (TPSA) is 34.1 Å². The standard InChI is InChI=1S/C16H24O2S/c1-12-14(11-16(12,5)15(2,3)4)19(17,18)13-9-7-6-8-10-13/h6-10,12,14H,11H2,1-5H3/t12-,14+,16-/m0/s1. The zero-order chi connectivity index (χ0) is 14.5. The van der Waals surface area contributed by atoms with Crippen molar-refractivity contribution in [1.29, 1.82) is 0 Å². The minimum absolute atomic E-state index is 0.0967. The molecule has 0 spiro atoms. The van der Waals surface area contributed by atoms with Gasteiger partial charge in [0, 0.05) is 0 Å². The summed E-state index contributed by atoms with van der Waals surface area (Å²) in [5.41, 5.74) is 0.231. The van der Waals surface area contributed by atoms with Crippen molar-refractivity contribution in [2.75, 3.05) is 0 Å². The van der Waals surface area contributed by atoms with Crippen LogP contribution in [-0.2, 0) is 9.84 Å². The molecule has 1 aliphatic rings. The molecule has 1 saturated carbocycles. The second-order valence-electron chi connectivity index (χ2n) is 7.06. The minimum atomic E-state index is -3.18. The van der Waals surface area contributed by atoms with E-state index >= 15 is 0 Å². The summed E-state index contributed by atoms with van der Waals surface area (Å²) in [6, 6.07) is 8.84. The Bertz CT molecular complexity index is 554. The van der Waals surface area contributed by atoms with Crippen LogP contribution in [0, 0.1) is 16.7 Å². The second kappa shape index (κ2) is 4.34. The van der Waals surface area contributed by atoms with Crippen LogP contribution in [0.15, 0.2) is 35.2 Å². The minimum Gasteiger partial charge on any atom is -0.223 e. The average molecular weight is 280 g/mol. The monoisotopic (exact) mass is 280 g/mol. The van der Waals surface area contributed by atoms with Crippen LogP contribution in [0.25, 0.3) is 0 Å². The second-order valence-corrected chi connectivity index (χ2v) is 9.22. The molecule has 0 amide bonds. The highest BCUT2D eigenvalue weighted by molar-refractivity contribution is 7.92. The third-order valence-corrected chi connectivity index (χ3v) is 7.67. The molecule has 0 unspecified atom stereocenters. The maximum Gasteiger partial charge on any atom is 0.181 e. The van der Waals surface area contributed by atoms with Gasteiger partial charge in [-0.2, -0.15) is 0 Å². The van der Waals surface area contributed by atoms with Crippen molar-refractivity contribution in [2.24, 2.45) is 16.7 Å². The van der Waals surface area contributed by atoms with Crippen LogP contribution < -0.4 is 0 Å². The first-order valence-electron chi connectivity index (χ1n) is 6.90. The van der Waals surface area contributed by atoms with E-state index in [4.69, 9.17) is 0 Å². The molecule has 3 atom stereocenters. The first-order chi connectivity index (χ1) is 8.61. The van der Waals surface area contributed by atoms with Crippen molar-refractivity contribution in [3.05, 3.63) is 30.3 Å². The maximum absolute atomic E-state index is 12.6. The molecule has 0 aliphatic heterocycles. The van der Waals surface area contributed by atoms with Crippen LogP contribution in [-0.4, -0.2) is 13.7 Å². The number of hydrogen-bond donors (Lipinski definition) is 0. The number of sulfone groups is 1. The first kappa shape index (κ1) is 14.6. The van der Waals surface area contributed by atoms with Gasteiger partial charge in [0.1, 0.15) is 0 Å². The van der Waals surface area contributed by atoms with Gasteiger partial charge in [-0.15, -0.1) is 0 Å². The van der Waals surface area contributed by atoms with E-state index in [0.29, 0.717) is 4.90 Å². The predicted octanol–water partition coefficient (Wildman–Crippen LogP) is 3.92. The maximum atomic E-state index is 12.6. The van der Waals surface area contributed by atoms with Gasteiger partial charge in [0.2, 0.25) is 0 Å². The summed E-state index contributed by atoms with van der Waals surface area (Å²) in [5.74, 6) is 0.192. The van der Waals surface area contributed by atoms with E-state index in [-0.39, 0.29) is 22.0 Å². The zero-order valence-electron chi connectivity index (χ0n) is 12.5. The molecule has 1 aromatic carbocycles. The molecule has 0 radical (unpaired) electrons. The van der Waals surface area contributed by atoms with Gasteiger partial charge in [-0.3, -0.25) is 0 Å². The number of hydrogen-bond acceptors (Lipinski definition) is 2. The Morgan fingerprint density at radius 2 is 1.68 bits per heavy atom. The van der Waals surface area contributed by atoms with Crippen LogP contribution in [0.5, 0.6) is 0 Å². The fourth-order valence-corrected chi connectivity index (χ4v) is 5.47. The molecule has 1 aliphatic carbocycles. The fraction of sp³-hybridized carbons (Fsp3) is 0.625. The molecular weight excluding hydrogens is 256 g/mol. The van der Waals surface area contributed by atoms with E-state index in [1.165, 1.54) is 0 Å². The van der Waals surface area contributed by atoms with E-state index in [1.807, 2.05) is 6.07 Å². The van der Waals surface area contributed by atoms with Gasteiger partial charge < -0.3 is 0 Å². The Morgan fingerprint density at radius 1 is 1.16 bits per heavy atom. The smallest absolute Gasteiger partial charge is 0.181 e. The van der Waals surface area contributed by atoms with Crippen LogP contribution >= 0.6 is 0 Å². The molecular formula is C16H24O2S. The molecule has 2 nitrogen and oxygen atoms in total. The molecule has 106 valence electrons. The quantitative estimate of drug-likeness (QED) is 0.823. The lowest BCUT2D eigenvalue weighted by Crippen LogP contribution is -2.57. The van der Waals surface area contributed by atoms with E-state index in [2.05, 4.69) is 34.6 Å². The average Bonchev–Trinajstić information content (AvgIpc) is 2.34. The lowest BCUT2D eigenvalue weighted by Gasteiger charge is -2.58. The van der Waals surface area contributed by atoms with Gasteiger partial charge in [0.15, 0.2) is 9.84 Å². The Morgan fingerprint density at radius 3 is 2.11 bits per heavy atom. The van der Waals surface area contributed by atoms with Crippen LogP contribution in [0.3, 0.4) is 0 Å². The van der Waals surface area contributed by atoms with Crippen LogP contribution in [0.2, 0.25) is 0 Å². The molecule has 1 aromatic rings. The molecule has 0 saturated heterocycles. The summed E-state index contributed by atoms with van der Waals surface area (Å²) >= 11 is 0. The van der Waals surface area contributed by atoms with Gasteiger partial charge in [-0.25, -0.2) is 8.42 Å². The summed E-state index contributed by atoms with van der Waals surface area (Å²) in [6.45, 7) is 10.9. The largest absolute Gasteiger partial charge is 0.223 e. The molecule has 0 heterocycles. The van der Waals surface area contributed by atoms with Gasteiger partial charge in [-0.05, 0) is 35.3 Å². The summed E-state index contributed by atoms with van der Waals surface area (Å²) in [7, 11) is -3.18. The molecule has 3 heteroatoms. The summed E-state index contributed by atoms with van der Waals surface area (Å²) < 4.78 is 25.3. The fourth-order valence-electron chi connectivity index (χ4n) is 3.18. The van der Waals surface area contributed by atoms with Crippen molar-refractivity contribution in [3.8, 4) is 0 Å². The highest BCUT2D eigenvalue weighted by Crippen LogP contribution is 2.59. The highest BCUT2D eigenvalue weighted by atomic mass is 32.2. The Kier molecular flexibility index (Phi) is 3.33. The third-order valence-electron chi connectivity index (χ3n) is 5.37. The molecule has 0 N–H and O–H groups in total. The zero-order valence-corrected chi connectivity index (χ0v) is 13.3. The van der Waals surface area contributed by atoms with Crippen molar-refractivity contribution < 1.29 is 8.42 Å². The molecule has 19 heavy (non-hydrogen) atoms. The lowest BCUT2D eigenvalue weighted by molar-refractivity contribution is -0.0418. The Labute approximate surface area is 117 Å².